The summed E-state index contributed by atoms with van der Waals surface area (Å²) in [4.78, 5) is 24.1. The van der Waals surface area contributed by atoms with Crippen molar-refractivity contribution in [3.63, 3.8) is 0 Å². The number of nitrogens with zero attached hydrogens (tertiary/aromatic N) is 1. The fourth-order valence-electron chi connectivity index (χ4n) is 3.31. The summed E-state index contributed by atoms with van der Waals surface area (Å²) in [5.74, 6) is -0.552. The zero-order valence-electron chi connectivity index (χ0n) is 18.0. The van der Waals surface area contributed by atoms with Gasteiger partial charge in [-0.05, 0) is 23.6 Å². The first-order chi connectivity index (χ1) is 15.0. The molecule has 1 atom stereocenters. The predicted molar refractivity (Wildman–Crippen MR) is 126 cm³/mol. The molecule has 0 saturated heterocycles. The Morgan fingerprint density at radius 3 is 2.12 bits per heavy atom. The molecule has 3 aromatic carbocycles. The number of rotatable bonds is 8. The van der Waals surface area contributed by atoms with Crippen LogP contribution >= 0.6 is 11.6 Å². The number of benzene rings is 2. The van der Waals surface area contributed by atoms with E-state index in [1.807, 2.05) is 44.2 Å². The number of phenolic OH excluding ortho intramolecular Hbond substituents is 1. The minimum absolute atomic E-state index is 0.0533. The largest absolute Gasteiger partial charge is 0.504 e. The van der Waals surface area contributed by atoms with Gasteiger partial charge in [0.1, 0.15) is 16.3 Å². The molecule has 0 spiro atoms. The van der Waals surface area contributed by atoms with Crippen LogP contribution in [0.15, 0.2) is 56.9 Å². The number of phenols is 1. The molecule has 10 heteroatoms. The summed E-state index contributed by atoms with van der Waals surface area (Å²) in [7, 11) is -1.45. The van der Waals surface area contributed by atoms with Gasteiger partial charge in [-0.1, -0.05) is 55.8 Å². The van der Waals surface area contributed by atoms with Crippen LogP contribution in [0.1, 0.15) is 25.5 Å². The molecule has 170 valence electrons. The molecule has 0 aliphatic rings. The van der Waals surface area contributed by atoms with E-state index in [9.17, 15) is 23.1 Å². The third-order valence-corrected chi connectivity index (χ3v) is 7.43. The Labute approximate surface area is 191 Å². The maximum absolute atomic E-state index is 12.6. The summed E-state index contributed by atoms with van der Waals surface area (Å²) in [6.45, 7) is 3.96. The van der Waals surface area contributed by atoms with Crippen LogP contribution in [0, 0.1) is 5.92 Å². The second kappa shape index (κ2) is 8.93. The predicted octanol–water partition coefficient (Wildman–Crippen LogP) is 3.44. The van der Waals surface area contributed by atoms with Crippen LogP contribution in [0.5, 0.6) is 5.75 Å². The molecule has 0 fully saturated rings. The van der Waals surface area contributed by atoms with Gasteiger partial charge in [-0.15, -0.1) is 0 Å². The first-order valence-corrected chi connectivity index (χ1v) is 11.6. The minimum Gasteiger partial charge on any atom is -0.504 e. The van der Waals surface area contributed by atoms with Gasteiger partial charge in [0.2, 0.25) is 10.0 Å². The van der Waals surface area contributed by atoms with Crippen LogP contribution in [-0.4, -0.2) is 31.9 Å². The number of hydrogen-bond donors (Lipinski definition) is 3. The number of anilines is 3. The number of aromatic hydroxyl groups is 1. The van der Waals surface area contributed by atoms with E-state index in [1.54, 1.807) is 0 Å². The highest BCUT2D eigenvalue weighted by Gasteiger charge is 2.30. The maximum Gasteiger partial charge on any atom is 0.253 e. The van der Waals surface area contributed by atoms with Crippen LogP contribution in [0.2, 0.25) is 5.02 Å². The van der Waals surface area contributed by atoms with E-state index in [-0.39, 0.29) is 34.0 Å². The molecule has 8 nitrogen and oxygen atoms in total. The number of nitrogens with one attached hydrogen (secondary N) is 2. The van der Waals surface area contributed by atoms with Gasteiger partial charge in [0.05, 0.1) is 16.8 Å². The Bertz CT molecular complexity index is 1310. The van der Waals surface area contributed by atoms with Crippen LogP contribution in [0.3, 0.4) is 0 Å². The lowest BCUT2D eigenvalue weighted by atomic mass is 9.95. The molecule has 0 aliphatic heterocycles. The lowest BCUT2D eigenvalue weighted by Gasteiger charge is -2.26. The maximum atomic E-state index is 12.6. The lowest BCUT2D eigenvalue weighted by molar-refractivity contribution is 0.455. The molecule has 0 amide bonds. The standard InChI is InChI=1S/C22H24ClN3O5S/c1-12(2)16(13-8-6-5-7-9-13)25-18-17(20(28)21(18)29)24-15-11-10-14(23)22(19(15)27)32(30,31)26(3)4/h5-12,16,24-25,27H,1-4H3. The van der Waals surface area contributed by atoms with Crippen molar-refractivity contribution >= 4 is 38.7 Å². The molecular formula is C22H24ClN3O5S. The minimum atomic E-state index is -4.06. The molecule has 3 N–H and O–H groups in total. The van der Waals surface area contributed by atoms with Crippen molar-refractivity contribution in [2.75, 3.05) is 24.7 Å². The molecule has 3 aromatic rings. The van der Waals surface area contributed by atoms with Gasteiger partial charge in [-0.2, -0.15) is 0 Å². The van der Waals surface area contributed by atoms with Crippen molar-refractivity contribution in [3.05, 3.63) is 73.5 Å². The van der Waals surface area contributed by atoms with Gasteiger partial charge in [0, 0.05) is 14.1 Å². The van der Waals surface area contributed by atoms with E-state index in [1.165, 1.54) is 26.2 Å². The zero-order chi connectivity index (χ0) is 23.8. The topological polar surface area (TPSA) is 116 Å². The summed E-state index contributed by atoms with van der Waals surface area (Å²) in [5.41, 5.74) is -0.564. The summed E-state index contributed by atoms with van der Waals surface area (Å²) in [6.07, 6.45) is 0. The van der Waals surface area contributed by atoms with Crippen molar-refractivity contribution in [3.8, 4) is 5.75 Å². The van der Waals surface area contributed by atoms with Gasteiger partial charge < -0.3 is 15.7 Å². The highest BCUT2D eigenvalue weighted by Crippen LogP contribution is 2.40. The van der Waals surface area contributed by atoms with Crippen molar-refractivity contribution < 1.29 is 13.5 Å². The Kier molecular flexibility index (Phi) is 6.64. The van der Waals surface area contributed by atoms with Gasteiger partial charge in [-0.25, -0.2) is 12.7 Å². The molecule has 0 aliphatic carbocycles. The summed E-state index contributed by atoms with van der Waals surface area (Å²) in [6, 6.07) is 11.9. The first-order valence-electron chi connectivity index (χ1n) is 9.82. The van der Waals surface area contributed by atoms with Crippen LogP contribution in [-0.2, 0) is 10.0 Å². The Morgan fingerprint density at radius 1 is 0.969 bits per heavy atom. The van der Waals surface area contributed by atoms with E-state index in [4.69, 9.17) is 11.6 Å². The number of sulfonamides is 1. The lowest BCUT2D eigenvalue weighted by Crippen LogP contribution is -2.38. The first kappa shape index (κ1) is 23.8. The molecule has 0 heterocycles. The van der Waals surface area contributed by atoms with E-state index in [2.05, 4.69) is 10.6 Å². The average molecular weight is 478 g/mol. The normalized spacial score (nSPS) is 13.0. The van der Waals surface area contributed by atoms with Crippen LogP contribution in [0.25, 0.3) is 0 Å². The molecule has 32 heavy (non-hydrogen) atoms. The Morgan fingerprint density at radius 2 is 1.56 bits per heavy atom. The molecule has 3 rings (SSSR count). The van der Waals surface area contributed by atoms with Gasteiger partial charge in [0.15, 0.2) is 5.75 Å². The summed E-state index contributed by atoms with van der Waals surface area (Å²) in [5, 5.41) is 16.3. The number of hydrogen-bond acceptors (Lipinski definition) is 7. The second-order valence-electron chi connectivity index (χ2n) is 7.87. The van der Waals surface area contributed by atoms with E-state index in [0.29, 0.717) is 0 Å². The van der Waals surface area contributed by atoms with E-state index in [0.717, 1.165) is 9.87 Å². The number of halogens is 1. The van der Waals surface area contributed by atoms with E-state index >= 15 is 0 Å². The molecule has 0 saturated carbocycles. The molecule has 0 bridgehead atoms. The fourth-order valence-corrected chi connectivity index (χ4v) is 4.79. The third kappa shape index (κ3) is 4.23. The van der Waals surface area contributed by atoms with Crippen molar-refractivity contribution in [1.29, 1.82) is 0 Å². The fraction of sp³-hybridized carbons (Fsp3) is 0.273. The third-order valence-electron chi connectivity index (χ3n) is 5.12. The van der Waals surface area contributed by atoms with Crippen LogP contribution < -0.4 is 21.5 Å². The zero-order valence-corrected chi connectivity index (χ0v) is 19.6. The van der Waals surface area contributed by atoms with Gasteiger partial charge >= 0.3 is 0 Å². The van der Waals surface area contributed by atoms with Crippen molar-refractivity contribution in [2.45, 2.75) is 24.8 Å². The van der Waals surface area contributed by atoms with Crippen molar-refractivity contribution in [1.82, 2.24) is 4.31 Å². The summed E-state index contributed by atoms with van der Waals surface area (Å²) < 4.78 is 26.0. The molecule has 1 unspecified atom stereocenters. The molecular weight excluding hydrogens is 454 g/mol. The Balaban J connectivity index is 2.00. The monoisotopic (exact) mass is 477 g/mol. The highest BCUT2D eigenvalue weighted by atomic mass is 35.5. The van der Waals surface area contributed by atoms with Gasteiger partial charge in [0.25, 0.3) is 10.9 Å². The SMILES string of the molecule is CC(C)C(Nc1c(Nc2ccc(Cl)c(S(=O)(=O)N(C)C)c2O)c(=O)c1=O)c1ccccc1. The average Bonchev–Trinajstić information content (AvgIpc) is 2.74. The van der Waals surface area contributed by atoms with Gasteiger partial charge in [-0.3, -0.25) is 9.59 Å². The van der Waals surface area contributed by atoms with E-state index < -0.39 is 31.5 Å². The second-order valence-corrected chi connectivity index (χ2v) is 10.4. The smallest absolute Gasteiger partial charge is 0.253 e. The van der Waals surface area contributed by atoms with Crippen LogP contribution in [0.4, 0.5) is 17.1 Å². The summed E-state index contributed by atoms with van der Waals surface area (Å²) >= 11 is 6.03. The molecule has 0 radical (unpaired) electrons. The quantitative estimate of drug-likeness (QED) is 0.336. The molecule has 0 aromatic heterocycles. The van der Waals surface area contributed by atoms with Crippen molar-refractivity contribution in [2.24, 2.45) is 5.92 Å². The highest BCUT2D eigenvalue weighted by molar-refractivity contribution is 7.89. The Hall–Kier alpha value is -2.88.